The molecule has 1 aliphatic rings. The molecule has 118 valence electrons. The van der Waals surface area contributed by atoms with Gasteiger partial charge in [-0.3, -0.25) is 4.90 Å². The van der Waals surface area contributed by atoms with E-state index >= 15 is 0 Å². The maximum atomic E-state index is 3.47. The Labute approximate surface area is 130 Å². The van der Waals surface area contributed by atoms with Gasteiger partial charge in [0.05, 0.1) is 0 Å². The summed E-state index contributed by atoms with van der Waals surface area (Å²) in [5.74, 6) is 0. The molecule has 1 saturated heterocycles. The molecule has 21 heavy (non-hydrogen) atoms. The smallest absolute Gasteiger partial charge is 0.0236 e. The molecule has 0 amide bonds. The van der Waals surface area contributed by atoms with Crippen LogP contribution in [0.1, 0.15) is 58.1 Å². The van der Waals surface area contributed by atoms with E-state index in [1.165, 1.54) is 50.0 Å². The fraction of sp³-hybridized carbons (Fsp3) is 0.684. The molecular formula is C19H32N2. The highest BCUT2D eigenvalue weighted by molar-refractivity contribution is 5.27. The van der Waals surface area contributed by atoms with Crippen molar-refractivity contribution in [3.63, 3.8) is 0 Å². The van der Waals surface area contributed by atoms with Crippen LogP contribution in [0.3, 0.4) is 0 Å². The molecule has 0 saturated carbocycles. The lowest BCUT2D eigenvalue weighted by Gasteiger charge is -2.34. The van der Waals surface area contributed by atoms with Crippen LogP contribution in [0.5, 0.6) is 0 Å². The molecule has 0 spiro atoms. The van der Waals surface area contributed by atoms with Gasteiger partial charge in [-0.25, -0.2) is 0 Å². The average Bonchev–Trinajstić information content (AvgIpc) is 2.47. The summed E-state index contributed by atoms with van der Waals surface area (Å²) in [4.78, 5) is 2.69. The third kappa shape index (κ3) is 4.82. The summed E-state index contributed by atoms with van der Waals surface area (Å²) in [6.45, 7) is 13.8. The van der Waals surface area contributed by atoms with Gasteiger partial charge < -0.3 is 5.32 Å². The van der Waals surface area contributed by atoms with Gasteiger partial charge in [-0.05, 0) is 55.4 Å². The van der Waals surface area contributed by atoms with Gasteiger partial charge in [0, 0.05) is 12.6 Å². The molecule has 1 aromatic carbocycles. The Morgan fingerprint density at radius 1 is 1.10 bits per heavy atom. The van der Waals surface area contributed by atoms with Gasteiger partial charge in [0.15, 0.2) is 0 Å². The molecule has 0 aliphatic carbocycles. The molecule has 1 heterocycles. The third-order valence-electron chi connectivity index (χ3n) is 4.54. The minimum absolute atomic E-state index is 0.247. The number of piperidine rings is 1. The first-order chi connectivity index (χ1) is 10.0. The largest absolute Gasteiger partial charge is 0.317 e. The van der Waals surface area contributed by atoms with E-state index in [0.717, 1.165) is 12.6 Å². The second-order valence-electron chi connectivity index (χ2n) is 7.40. The van der Waals surface area contributed by atoms with Gasteiger partial charge in [-0.2, -0.15) is 0 Å². The Morgan fingerprint density at radius 2 is 1.71 bits per heavy atom. The van der Waals surface area contributed by atoms with Gasteiger partial charge in [0.1, 0.15) is 0 Å². The predicted molar refractivity (Wildman–Crippen MR) is 91.7 cm³/mol. The van der Waals surface area contributed by atoms with Crippen LogP contribution in [0.15, 0.2) is 24.3 Å². The van der Waals surface area contributed by atoms with Crippen molar-refractivity contribution in [1.82, 2.24) is 10.2 Å². The molecule has 0 bridgehead atoms. The molecule has 0 unspecified atom stereocenters. The van der Waals surface area contributed by atoms with Crippen LogP contribution in [0, 0.1) is 0 Å². The van der Waals surface area contributed by atoms with Crippen molar-refractivity contribution in [2.24, 2.45) is 0 Å². The topological polar surface area (TPSA) is 15.3 Å². The van der Waals surface area contributed by atoms with Crippen molar-refractivity contribution >= 4 is 0 Å². The Kier molecular flexibility index (Phi) is 5.83. The monoisotopic (exact) mass is 288 g/mol. The number of nitrogens with zero attached hydrogens (tertiary/aromatic N) is 1. The minimum atomic E-state index is 0.247. The molecule has 2 heteroatoms. The maximum absolute atomic E-state index is 3.47. The normalized spacial score (nSPS) is 17.4. The number of rotatable bonds is 5. The zero-order valence-electron chi connectivity index (χ0n) is 14.3. The van der Waals surface area contributed by atoms with E-state index in [2.05, 4.69) is 62.2 Å². The summed E-state index contributed by atoms with van der Waals surface area (Å²) < 4.78 is 0. The van der Waals surface area contributed by atoms with Crippen molar-refractivity contribution in [2.75, 3.05) is 19.6 Å². The molecule has 0 atom stereocenters. The van der Waals surface area contributed by atoms with Crippen molar-refractivity contribution in [2.45, 2.75) is 65.0 Å². The fourth-order valence-corrected chi connectivity index (χ4v) is 3.19. The summed E-state index contributed by atoms with van der Waals surface area (Å²) in [6.07, 6.45) is 3.82. The number of benzene rings is 1. The molecular weight excluding hydrogens is 256 g/mol. The molecule has 0 radical (unpaired) electrons. The molecule has 1 aromatic rings. The summed E-state index contributed by atoms with van der Waals surface area (Å²) >= 11 is 0. The standard InChI is InChI=1S/C19H32N2/c1-5-14-21(18-10-12-20-13-11-18)15-16-6-8-17(9-7-16)19(2,3)4/h6-9,18,20H,5,10-15H2,1-4H3. The quantitative estimate of drug-likeness (QED) is 0.882. The average molecular weight is 288 g/mol. The van der Waals surface area contributed by atoms with Crippen LogP contribution >= 0.6 is 0 Å². The maximum Gasteiger partial charge on any atom is 0.0236 e. The lowest BCUT2D eigenvalue weighted by molar-refractivity contribution is 0.154. The van der Waals surface area contributed by atoms with E-state index in [1.807, 2.05) is 0 Å². The molecule has 1 fully saturated rings. The van der Waals surface area contributed by atoms with E-state index in [9.17, 15) is 0 Å². The molecule has 2 nitrogen and oxygen atoms in total. The minimum Gasteiger partial charge on any atom is -0.317 e. The first-order valence-corrected chi connectivity index (χ1v) is 8.55. The highest BCUT2D eigenvalue weighted by Crippen LogP contribution is 2.23. The van der Waals surface area contributed by atoms with Crippen LogP contribution in [0.2, 0.25) is 0 Å². The van der Waals surface area contributed by atoms with E-state index in [1.54, 1.807) is 0 Å². The summed E-state index contributed by atoms with van der Waals surface area (Å²) in [7, 11) is 0. The van der Waals surface area contributed by atoms with E-state index in [0.29, 0.717) is 0 Å². The second-order valence-corrected chi connectivity index (χ2v) is 7.40. The number of hydrogen-bond donors (Lipinski definition) is 1. The Bertz CT molecular complexity index is 410. The van der Waals surface area contributed by atoms with E-state index < -0.39 is 0 Å². The first kappa shape index (κ1) is 16.5. The van der Waals surface area contributed by atoms with Crippen LogP contribution in [-0.4, -0.2) is 30.6 Å². The van der Waals surface area contributed by atoms with Crippen LogP contribution in [0.25, 0.3) is 0 Å². The predicted octanol–water partition coefficient (Wildman–Crippen LogP) is 3.95. The highest BCUT2D eigenvalue weighted by Gasteiger charge is 2.20. The van der Waals surface area contributed by atoms with Gasteiger partial charge >= 0.3 is 0 Å². The van der Waals surface area contributed by atoms with Crippen molar-refractivity contribution in [3.8, 4) is 0 Å². The Hall–Kier alpha value is -0.860. The van der Waals surface area contributed by atoms with E-state index in [4.69, 9.17) is 0 Å². The molecule has 1 aliphatic heterocycles. The lowest BCUT2D eigenvalue weighted by Crippen LogP contribution is -2.43. The van der Waals surface area contributed by atoms with Crippen LogP contribution < -0.4 is 5.32 Å². The summed E-state index contributed by atoms with van der Waals surface area (Å²) in [5.41, 5.74) is 3.13. The van der Waals surface area contributed by atoms with Crippen molar-refractivity contribution in [1.29, 1.82) is 0 Å². The third-order valence-corrected chi connectivity index (χ3v) is 4.54. The van der Waals surface area contributed by atoms with Crippen molar-refractivity contribution < 1.29 is 0 Å². The Balaban J connectivity index is 2.02. The van der Waals surface area contributed by atoms with Gasteiger partial charge in [0.2, 0.25) is 0 Å². The summed E-state index contributed by atoms with van der Waals surface area (Å²) in [6, 6.07) is 10.0. The van der Waals surface area contributed by atoms with E-state index in [-0.39, 0.29) is 5.41 Å². The second kappa shape index (κ2) is 7.42. The van der Waals surface area contributed by atoms with Crippen LogP contribution in [-0.2, 0) is 12.0 Å². The molecule has 0 aromatic heterocycles. The number of nitrogens with one attached hydrogen (secondary N) is 1. The van der Waals surface area contributed by atoms with Gasteiger partial charge in [-0.15, -0.1) is 0 Å². The number of hydrogen-bond acceptors (Lipinski definition) is 2. The zero-order valence-corrected chi connectivity index (χ0v) is 14.3. The first-order valence-electron chi connectivity index (χ1n) is 8.55. The van der Waals surface area contributed by atoms with Crippen molar-refractivity contribution in [3.05, 3.63) is 35.4 Å². The lowest BCUT2D eigenvalue weighted by atomic mass is 9.86. The SMILES string of the molecule is CCCN(Cc1ccc(C(C)(C)C)cc1)C1CCNCC1. The van der Waals surface area contributed by atoms with Crippen LogP contribution in [0.4, 0.5) is 0 Å². The molecule has 1 N–H and O–H groups in total. The molecule has 2 rings (SSSR count). The summed E-state index contributed by atoms with van der Waals surface area (Å²) in [5, 5.41) is 3.47. The fourth-order valence-electron chi connectivity index (χ4n) is 3.19. The zero-order chi connectivity index (χ0) is 15.3. The van der Waals surface area contributed by atoms with Gasteiger partial charge in [0.25, 0.3) is 0 Å². The van der Waals surface area contributed by atoms with Gasteiger partial charge in [-0.1, -0.05) is 52.0 Å². The highest BCUT2D eigenvalue weighted by atomic mass is 15.2. The Morgan fingerprint density at radius 3 is 2.24 bits per heavy atom.